The van der Waals surface area contributed by atoms with E-state index in [1.165, 1.54) is 4.31 Å². The minimum Gasteiger partial charge on any atom is -0.496 e. The van der Waals surface area contributed by atoms with Crippen molar-refractivity contribution in [3.8, 4) is 5.75 Å². The molecule has 1 aliphatic heterocycles. The molecule has 1 aliphatic rings. The number of hydrogen-bond donors (Lipinski definition) is 1. The summed E-state index contributed by atoms with van der Waals surface area (Å²) in [6, 6.07) is 17.0. The molecule has 1 amide bonds. The minimum atomic E-state index is -3.51. The Bertz CT molecular complexity index is 1020. The third-order valence-electron chi connectivity index (χ3n) is 6.42. The molecule has 0 bridgehead atoms. The fourth-order valence-corrected chi connectivity index (χ4v) is 5.67. The van der Waals surface area contributed by atoms with E-state index in [0.717, 1.165) is 5.56 Å². The summed E-state index contributed by atoms with van der Waals surface area (Å²) in [5, 5.41) is 3.08. The Morgan fingerprint density at radius 3 is 2.28 bits per heavy atom. The Balaban J connectivity index is 1.80. The molecule has 32 heavy (non-hydrogen) atoms. The number of nitrogens with one attached hydrogen (secondary N) is 1. The average Bonchev–Trinajstić information content (AvgIpc) is 2.82. The van der Waals surface area contributed by atoms with Gasteiger partial charge in [0.1, 0.15) is 5.75 Å². The molecule has 7 nitrogen and oxygen atoms in total. The first kappa shape index (κ1) is 24.2. The number of ether oxygens (including phenoxy) is 1. The van der Waals surface area contributed by atoms with Gasteiger partial charge < -0.3 is 10.1 Å². The van der Waals surface area contributed by atoms with Gasteiger partial charge in [-0.25, -0.2) is 0 Å². The minimum absolute atomic E-state index is 0.110. The summed E-state index contributed by atoms with van der Waals surface area (Å²) in [5.41, 5.74) is 1.24. The maximum absolute atomic E-state index is 13.0. The fourth-order valence-electron chi connectivity index (χ4n) is 4.13. The number of carbonyl (C=O) groups excluding carboxylic acids is 1. The highest BCUT2D eigenvalue weighted by atomic mass is 32.2. The highest BCUT2D eigenvalue weighted by molar-refractivity contribution is 7.86. The van der Waals surface area contributed by atoms with E-state index in [9.17, 15) is 13.2 Å². The summed E-state index contributed by atoms with van der Waals surface area (Å²) >= 11 is 0. The summed E-state index contributed by atoms with van der Waals surface area (Å²) in [5.74, 6) is 0.323. The number of piperidine rings is 1. The first-order valence-electron chi connectivity index (χ1n) is 10.9. The lowest BCUT2D eigenvalue weighted by Crippen LogP contribution is -2.53. The number of rotatable bonds is 8. The third-order valence-corrected chi connectivity index (χ3v) is 8.59. The van der Waals surface area contributed by atoms with E-state index < -0.39 is 10.2 Å². The van der Waals surface area contributed by atoms with Crippen LogP contribution in [-0.2, 0) is 15.6 Å². The number of nitrogens with zero attached hydrogens (tertiary/aromatic N) is 2. The molecule has 0 spiro atoms. The number of hydrogen-bond acceptors (Lipinski definition) is 4. The molecule has 0 aromatic heterocycles. The van der Waals surface area contributed by atoms with Gasteiger partial charge in [-0.15, -0.1) is 0 Å². The summed E-state index contributed by atoms with van der Waals surface area (Å²) < 4.78 is 34.2. The van der Waals surface area contributed by atoms with Crippen molar-refractivity contribution in [3.05, 3.63) is 65.7 Å². The molecule has 1 fully saturated rings. The first-order chi connectivity index (χ1) is 15.2. The van der Waals surface area contributed by atoms with E-state index in [0.29, 0.717) is 43.8 Å². The molecule has 1 heterocycles. The van der Waals surface area contributed by atoms with Gasteiger partial charge >= 0.3 is 0 Å². The lowest BCUT2D eigenvalue weighted by Gasteiger charge is -2.43. The molecule has 174 valence electrons. The Hall–Kier alpha value is -2.42. The van der Waals surface area contributed by atoms with Crippen molar-refractivity contribution in [2.75, 3.05) is 33.8 Å². The van der Waals surface area contributed by atoms with Crippen molar-refractivity contribution in [1.82, 2.24) is 13.9 Å². The zero-order valence-electron chi connectivity index (χ0n) is 19.2. The van der Waals surface area contributed by atoms with Crippen LogP contribution in [0.25, 0.3) is 0 Å². The Kier molecular flexibility index (Phi) is 7.59. The molecule has 1 saturated heterocycles. The zero-order chi connectivity index (χ0) is 23.4. The molecule has 0 saturated carbocycles. The van der Waals surface area contributed by atoms with Gasteiger partial charge in [0.05, 0.1) is 12.7 Å². The highest BCUT2D eigenvalue weighted by Crippen LogP contribution is 2.36. The number of amides is 1. The first-order valence-corrected chi connectivity index (χ1v) is 12.3. The van der Waals surface area contributed by atoms with Crippen LogP contribution in [0, 0.1) is 0 Å². The predicted molar refractivity (Wildman–Crippen MR) is 126 cm³/mol. The second-order valence-electron chi connectivity index (χ2n) is 8.55. The van der Waals surface area contributed by atoms with Gasteiger partial charge in [0, 0.05) is 38.1 Å². The molecule has 1 N–H and O–H groups in total. The van der Waals surface area contributed by atoms with Crippen molar-refractivity contribution in [3.63, 3.8) is 0 Å². The second-order valence-corrected chi connectivity index (χ2v) is 10.5. The van der Waals surface area contributed by atoms with Gasteiger partial charge in [0.15, 0.2) is 0 Å². The van der Waals surface area contributed by atoms with Crippen molar-refractivity contribution < 1.29 is 17.9 Å². The van der Waals surface area contributed by atoms with Gasteiger partial charge in [-0.05, 0) is 44.4 Å². The van der Waals surface area contributed by atoms with Crippen LogP contribution >= 0.6 is 0 Å². The molecule has 3 rings (SSSR count). The molecule has 0 unspecified atom stereocenters. The highest BCUT2D eigenvalue weighted by Gasteiger charge is 2.41. The Morgan fingerprint density at radius 1 is 1.09 bits per heavy atom. The van der Waals surface area contributed by atoms with Gasteiger partial charge in [-0.2, -0.15) is 17.0 Å². The van der Waals surface area contributed by atoms with Crippen LogP contribution in [0.2, 0.25) is 0 Å². The molecule has 2 aromatic carbocycles. The van der Waals surface area contributed by atoms with Gasteiger partial charge in [0.2, 0.25) is 0 Å². The van der Waals surface area contributed by atoms with E-state index in [2.05, 4.69) is 17.4 Å². The van der Waals surface area contributed by atoms with E-state index in [1.807, 2.05) is 38.1 Å². The smallest absolute Gasteiger partial charge is 0.281 e. The van der Waals surface area contributed by atoms with Crippen molar-refractivity contribution in [2.45, 2.75) is 38.1 Å². The van der Waals surface area contributed by atoms with Crippen molar-refractivity contribution in [2.24, 2.45) is 0 Å². The molecule has 2 aromatic rings. The van der Waals surface area contributed by atoms with Crippen LogP contribution in [0.5, 0.6) is 5.75 Å². The van der Waals surface area contributed by atoms with Crippen LogP contribution in [0.3, 0.4) is 0 Å². The number of carbonyl (C=O) groups is 1. The normalized spacial score (nSPS) is 16.8. The summed E-state index contributed by atoms with van der Waals surface area (Å²) in [6.45, 7) is 4.95. The number of methoxy groups -OCH3 is 1. The van der Waals surface area contributed by atoms with Crippen LogP contribution in [0.1, 0.15) is 42.6 Å². The van der Waals surface area contributed by atoms with Crippen LogP contribution < -0.4 is 10.1 Å². The molecular formula is C24H33N3O4S. The second kappa shape index (κ2) is 10.0. The lowest BCUT2D eigenvalue weighted by atomic mass is 9.73. The lowest BCUT2D eigenvalue weighted by molar-refractivity contribution is 0.0929. The fraction of sp³-hybridized carbons (Fsp3) is 0.458. The zero-order valence-corrected chi connectivity index (χ0v) is 20.1. The average molecular weight is 460 g/mol. The van der Waals surface area contributed by atoms with Gasteiger partial charge in [-0.3, -0.25) is 4.79 Å². The number of para-hydroxylation sites is 1. The van der Waals surface area contributed by atoms with E-state index in [-0.39, 0.29) is 17.4 Å². The Morgan fingerprint density at radius 2 is 1.69 bits per heavy atom. The van der Waals surface area contributed by atoms with Crippen LogP contribution in [-0.4, -0.2) is 62.8 Å². The quantitative estimate of drug-likeness (QED) is 0.658. The molecule has 8 heteroatoms. The SMILES string of the molecule is COc1ccccc1C(=O)NCC1(c2ccccc2)CCN(S(=O)(=O)N(C)C(C)C)CC1. The standard InChI is InChI=1S/C24H33N3O4S/c1-19(2)26(3)32(29,30)27-16-14-24(15-17-27,20-10-6-5-7-11-20)18-25-23(28)21-12-8-9-13-22(21)31-4/h5-13,19H,14-18H2,1-4H3,(H,25,28). The molecule has 0 radical (unpaired) electrons. The summed E-state index contributed by atoms with van der Waals surface area (Å²) in [4.78, 5) is 12.9. The maximum Gasteiger partial charge on any atom is 0.281 e. The number of benzene rings is 2. The largest absolute Gasteiger partial charge is 0.496 e. The van der Waals surface area contributed by atoms with Crippen molar-refractivity contribution >= 4 is 16.1 Å². The Labute approximate surface area is 191 Å². The van der Waals surface area contributed by atoms with Crippen LogP contribution in [0.4, 0.5) is 0 Å². The predicted octanol–water partition coefficient (Wildman–Crippen LogP) is 3.04. The summed E-state index contributed by atoms with van der Waals surface area (Å²) in [7, 11) is -0.353. The van der Waals surface area contributed by atoms with E-state index >= 15 is 0 Å². The van der Waals surface area contributed by atoms with Crippen LogP contribution in [0.15, 0.2) is 54.6 Å². The maximum atomic E-state index is 13.0. The molecular weight excluding hydrogens is 426 g/mol. The summed E-state index contributed by atoms with van der Waals surface area (Å²) in [6.07, 6.45) is 1.24. The monoisotopic (exact) mass is 459 g/mol. The van der Waals surface area contributed by atoms with Gasteiger partial charge in [0.25, 0.3) is 16.1 Å². The van der Waals surface area contributed by atoms with E-state index in [4.69, 9.17) is 4.74 Å². The van der Waals surface area contributed by atoms with E-state index in [1.54, 1.807) is 36.7 Å². The van der Waals surface area contributed by atoms with Crippen molar-refractivity contribution in [1.29, 1.82) is 0 Å². The third kappa shape index (κ3) is 4.98. The molecule has 0 atom stereocenters. The molecule has 0 aliphatic carbocycles. The van der Waals surface area contributed by atoms with Gasteiger partial charge in [-0.1, -0.05) is 42.5 Å². The topological polar surface area (TPSA) is 79.0 Å².